The van der Waals surface area contributed by atoms with Crippen LogP contribution in [0.1, 0.15) is 43.6 Å². The van der Waals surface area contributed by atoms with Crippen LogP contribution in [0, 0.1) is 29.6 Å². The number of benzene rings is 1. The van der Waals surface area contributed by atoms with Gasteiger partial charge in [0.1, 0.15) is 0 Å². The minimum Gasteiger partial charge on any atom is -0.352 e. The van der Waals surface area contributed by atoms with Gasteiger partial charge in [-0.25, -0.2) is 0 Å². The van der Waals surface area contributed by atoms with E-state index in [-0.39, 0.29) is 5.91 Å². The average molecular weight is 286 g/mol. The van der Waals surface area contributed by atoms with E-state index in [0.29, 0.717) is 36.4 Å². The van der Waals surface area contributed by atoms with E-state index in [2.05, 4.69) is 44.9 Å². The summed E-state index contributed by atoms with van der Waals surface area (Å²) in [5, 5.41) is 3.04. The molecule has 0 saturated carbocycles. The molecule has 1 aromatic rings. The first kappa shape index (κ1) is 17.3. The van der Waals surface area contributed by atoms with Gasteiger partial charge in [0.2, 0.25) is 0 Å². The summed E-state index contributed by atoms with van der Waals surface area (Å²) < 4.78 is 0. The van der Waals surface area contributed by atoms with Gasteiger partial charge in [0, 0.05) is 12.1 Å². The molecular formula is C18H26N2O. The van der Waals surface area contributed by atoms with Crippen molar-refractivity contribution in [1.82, 2.24) is 5.32 Å². The molecule has 3 nitrogen and oxygen atoms in total. The Labute approximate surface area is 128 Å². The van der Waals surface area contributed by atoms with E-state index in [1.165, 1.54) is 0 Å². The molecule has 1 aromatic carbocycles. The van der Waals surface area contributed by atoms with E-state index >= 15 is 0 Å². The fraction of sp³-hybridized carbons (Fsp3) is 0.500. The largest absolute Gasteiger partial charge is 0.352 e. The second-order valence-corrected chi connectivity index (χ2v) is 5.91. The second-order valence-electron chi connectivity index (χ2n) is 5.91. The van der Waals surface area contributed by atoms with Crippen LogP contribution in [-0.2, 0) is 0 Å². The average Bonchev–Trinajstić information content (AvgIpc) is 2.44. The van der Waals surface area contributed by atoms with Gasteiger partial charge in [-0.05, 0) is 29.9 Å². The molecule has 0 fully saturated rings. The van der Waals surface area contributed by atoms with Crippen molar-refractivity contribution in [2.75, 3.05) is 13.1 Å². The third-order valence-corrected chi connectivity index (χ3v) is 3.71. The van der Waals surface area contributed by atoms with Crippen molar-refractivity contribution in [3.05, 3.63) is 35.4 Å². The Kier molecular flexibility index (Phi) is 6.98. The van der Waals surface area contributed by atoms with Crippen molar-refractivity contribution < 1.29 is 4.79 Å². The summed E-state index contributed by atoms with van der Waals surface area (Å²) in [5.41, 5.74) is 6.74. The van der Waals surface area contributed by atoms with Gasteiger partial charge in [0.15, 0.2) is 0 Å². The number of carbonyl (C=O) groups excluding carboxylic acids is 1. The molecule has 0 atom stereocenters. The van der Waals surface area contributed by atoms with E-state index < -0.39 is 0 Å². The first-order valence-electron chi connectivity index (χ1n) is 7.53. The highest BCUT2D eigenvalue weighted by molar-refractivity contribution is 5.96. The van der Waals surface area contributed by atoms with Crippen LogP contribution in [-0.4, -0.2) is 19.0 Å². The fourth-order valence-corrected chi connectivity index (χ4v) is 2.48. The molecule has 0 spiro atoms. The Balaban J connectivity index is 2.81. The van der Waals surface area contributed by atoms with Gasteiger partial charge < -0.3 is 11.1 Å². The number of hydrogen-bond acceptors (Lipinski definition) is 2. The lowest BCUT2D eigenvalue weighted by Crippen LogP contribution is -2.34. The van der Waals surface area contributed by atoms with E-state index in [0.717, 1.165) is 5.56 Å². The maximum Gasteiger partial charge on any atom is 0.252 e. The maximum atomic E-state index is 12.4. The highest BCUT2D eigenvalue weighted by Gasteiger charge is 2.19. The first-order valence-corrected chi connectivity index (χ1v) is 7.53. The number of hydrogen-bond donors (Lipinski definition) is 2. The van der Waals surface area contributed by atoms with E-state index in [1.807, 2.05) is 18.2 Å². The molecule has 3 heteroatoms. The summed E-state index contributed by atoms with van der Waals surface area (Å²) >= 11 is 0. The maximum absolute atomic E-state index is 12.4. The Bertz CT molecular complexity index is 516. The molecule has 114 valence electrons. The van der Waals surface area contributed by atoms with Gasteiger partial charge in [-0.3, -0.25) is 4.79 Å². The quantitative estimate of drug-likeness (QED) is 0.818. The van der Waals surface area contributed by atoms with Crippen LogP contribution in [0.2, 0.25) is 0 Å². The molecular weight excluding hydrogens is 260 g/mol. The molecule has 0 aliphatic carbocycles. The van der Waals surface area contributed by atoms with Crippen LogP contribution in [0.15, 0.2) is 24.3 Å². The molecule has 1 rings (SSSR count). The second kappa shape index (κ2) is 8.49. The fourth-order valence-electron chi connectivity index (χ4n) is 2.48. The lowest BCUT2D eigenvalue weighted by molar-refractivity contribution is 0.0937. The minimum absolute atomic E-state index is 0.0665. The van der Waals surface area contributed by atoms with Gasteiger partial charge in [-0.2, -0.15) is 0 Å². The predicted octanol–water partition coefficient (Wildman–Crippen LogP) is 2.65. The van der Waals surface area contributed by atoms with Crippen molar-refractivity contribution in [3.63, 3.8) is 0 Å². The Morgan fingerprint density at radius 2 is 1.81 bits per heavy atom. The zero-order valence-corrected chi connectivity index (χ0v) is 13.4. The summed E-state index contributed by atoms with van der Waals surface area (Å²) in [4.78, 5) is 12.4. The van der Waals surface area contributed by atoms with Gasteiger partial charge in [-0.15, -0.1) is 0 Å². The van der Waals surface area contributed by atoms with Crippen LogP contribution >= 0.6 is 0 Å². The molecule has 0 aromatic heterocycles. The van der Waals surface area contributed by atoms with Crippen molar-refractivity contribution >= 4 is 5.91 Å². The van der Waals surface area contributed by atoms with Crippen molar-refractivity contribution in [2.45, 2.75) is 27.7 Å². The first-order chi connectivity index (χ1) is 9.97. The Hall–Kier alpha value is -1.79. The number of carbonyl (C=O) groups is 1. The highest BCUT2D eigenvalue weighted by atomic mass is 16.1. The van der Waals surface area contributed by atoms with Crippen LogP contribution in [0.25, 0.3) is 0 Å². The molecule has 0 aliphatic rings. The van der Waals surface area contributed by atoms with Crippen molar-refractivity contribution in [1.29, 1.82) is 0 Å². The molecule has 1 amide bonds. The number of nitrogens with one attached hydrogen (secondary N) is 1. The lowest BCUT2D eigenvalue weighted by Gasteiger charge is -2.25. The third-order valence-electron chi connectivity index (χ3n) is 3.71. The van der Waals surface area contributed by atoms with Gasteiger partial charge in [0.25, 0.3) is 5.91 Å². The molecule has 0 aliphatic heterocycles. The summed E-state index contributed by atoms with van der Waals surface area (Å²) in [5.74, 6) is 7.23. The Morgan fingerprint density at radius 3 is 2.38 bits per heavy atom. The normalized spacial score (nSPS) is 10.7. The van der Waals surface area contributed by atoms with Crippen LogP contribution in [0.3, 0.4) is 0 Å². The number of amides is 1. The van der Waals surface area contributed by atoms with Crippen LogP contribution in [0.4, 0.5) is 0 Å². The molecule has 0 radical (unpaired) electrons. The number of rotatable bonds is 5. The summed E-state index contributed by atoms with van der Waals surface area (Å²) in [7, 11) is 0. The molecule has 21 heavy (non-hydrogen) atoms. The molecule has 0 heterocycles. The molecule has 0 saturated heterocycles. The van der Waals surface area contributed by atoms with Gasteiger partial charge in [0.05, 0.1) is 12.1 Å². The number of nitrogens with two attached hydrogens (primary N) is 1. The topological polar surface area (TPSA) is 55.1 Å². The van der Waals surface area contributed by atoms with Gasteiger partial charge in [-0.1, -0.05) is 51.7 Å². The van der Waals surface area contributed by atoms with E-state index in [1.54, 1.807) is 6.07 Å². The molecule has 0 unspecified atom stereocenters. The molecule has 3 N–H and O–H groups in total. The third kappa shape index (κ3) is 5.24. The highest BCUT2D eigenvalue weighted by Crippen LogP contribution is 2.19. The predicted molar refractivity (Wildman–Crippen MR) is 87.9 cm³/mol. The van der Waals surface area contributed by atoms with Crippen molar-refractivity contribution in [2.24, 2.45) is 23.5 Å². The smallest absolute Gasteiger partial charge is 0.252 e. The van der Waals surface area contributed by atoms with Crippen LogP contribution in [0.5, 0.6) is 0 Å². The monoisotopic (exact) mass is 286 g/mol. The summed E-state index contributed by atoms with van der Waals surface area (Å²) in [6.07, 6.45) is 0. The SMILES string of the molecule is CC(C)C(CNC(=O)c1ccccc1C#CCN)C(C)C. The zero-order valence-electron chi connectivity index (χ0n) is 13.4. The summed E-state index contributed by atoms with van der Waals surface area (Å²) in [6.45, 7) is 9.75. The van der Waals surface area contributed by atoms with Crippen LogP contribution < -0.4 is 11.1 Å². The lowest BCUT2D eigenvalue weighted by atomic mass is 9.85. The Morgan fingerprint density at radius 1 is 1.19 bits per heavy atom. The summed E-state index contributed by atoms with van der Waals surface area (Å²) in [6, 6.07) is 7.38. The van der Waals surface area contributed by atoms with E-state index in [9.17, 15) is 4.79 Å². The minimum atomic E-state index is -0.0665. The van der Waals surface area contributed by atoms with Crippen molar-refractivity contribution in [3.8, 4) is 11.8 Å². The molecule has 0 bridgehead atoms. The standard InChI is InChI=1S/C18H26N2O/c1-13(2)17(14(3)4)12-20-18(21)16-10-6-5-8-15(16)9-7-11-19/h5-6,8,10,13-14,17H,11-12,19H2,1-4H3,(H,20,21). The van der Waals surface area contributed by atoms with E-state index in [4.69, 9.17) is 5.73 Å². The zero-order chi connectivity index (χ0) is 15.8. The van der Waals surface area contributed by atoms with Gasteiger partial charge >= 0.3 is 0 Å².